The van der Waals surface area contributed by atoms with Crippen LogP contribution in [-0.2, 0) is 16.1 Å². The van der Waals surface area contributed by atoms with Crippen molar-refractivity contribution in [3.8, 4) is 5.75 Å². The molecule has 2 aromatic rings. The number of para-hydroxylation sites is 1. The van der Waals surface area contributed by atoms with Gasteiger partial charge in [0.05, 0.1) is 0 Å². The average molecular weight is 270 g/mol. The Balaban J connectivity index is 1.93. The van der Waals surface area contributed by atoms with E-state index < -0.39 is 5.60 Å². The lowest BCUT2D eigenvalue weighted by molar-refractivity contribution is -0.160. The van der Waals surface area contributed by atoms with Gasteiger partial charge < -0.3 is 9.47 Å². The van der Waals surface area contributed by atoms with Gasteiger partial charge in [0.1, 0.15) is 12.4 Å². The lowest BCUT2D eigenvalue weighted by Crippen LogP contribution is -2.39. The fourth-order valence-corrected chi connectivity index (χ4v) is 1.72. The molecule has 0 saturated carbocycles. The molecule has 0 N–H and O–H groups in total. The molecule has 0 spiro atoms. The summed E-state index contributed by atoms with van der Waals surface area (Å²) in [5.41, 5.74) is -0.0628. The molecular weight excluding hydrogens is 252 g/mol. The Hall–Kier alpha value is -2.29. The smallest absolute Gasteiger partial charge is 0.350 e. The van der Waals surface area contributed by atoms with Crippen molar-refractivity contribution in [3.05, 3.63) is 66.2 Å². The minimum atomic E-state index is -1.02. The molecule has 3 nitrogen and oxygen atoms in total. The zero-order valence-corrected chi connectivity index (χ0v) is 11.7. The molecule has 0 bridgehead atoms. The highest BCUT2D eigenvalue weighted by atomic mass is 16.6. The number of rotatable bonds is 5. The summed E-state index contributed by atoms with van der Waals surface area (Å²) in [4.78, 5) is 12.1. The van der Waals surface area contributed by atoms with Crippen LogP contribution in [0.4, 0.5) is 0 Å². The molecule has 0 atom stereocenters. The van der Waals surface area contributed by atoms with Gasteiger partial charge in [0, 0.05) is 0 Å². The normalized spacial score (nSPS) is 10.9. The van der Waals surface area contributed by atoms with Crippen LogP contribution >= 0.6 is 0 Å². The summed E-state index contributed by atoms with van der Waals surface area (Å²) in [6.07, 6.45) is 0. The van der Waals surface area contributed by atoms with Gasteiger partial charge in [-0.15, -0.1) is 0 Å². The number of hydrogen-bond acceptors (Lipinski definition) is 3. The molecule has 0 unspecified atom stereocenters. The van der Waals surface area contributed by atoms with E-state index >= 15 is 0 Å². The molecule has 0 amide bonds. The number of carbonyl (C=O) groups excluding carboxylic acids is 1. The van der Waals surface area contributed by atoms with E-state index in [0.717, 1.165) is 5.56 Å². The topological polar surface area (TPSA) is 35.5 Å². The van der Waals surface area contributed by atoms with Crippen molar-refractivity contribution in [2.75, 3.05) is 0 Å². The monoisotopic (exact) mass is 270 g/mol. The molecule has 0 saturated heterocycles. The van der Waals surface area contributed by atoms with E-state index in [0.29, 0.717) is 5.75 Å². The van der Waals surface area contributed by atoms with Gasteiger partial charge in [-0.2, -0.15) is 0 Å². The van der Waals surface area contributed by atoms with Crippen molar-refractivity contribution >= 4 is 5.97 Å². The summed E-state index contributed by atoms with van der Waals surface area (Å²) < 4.78 is 11.0. The van der Waals surface area contributed by atoms with Gasteiger partial charge in [0.2, 0.25) is 0 Å². The quantitative estimate of drug-likeness (QED) is 0.779. The molecule has 0 aliphatic heterocycles. The molecule has 2 rings (SSSR count). The van der Waals surface area contributed by atoms with E-state index in [-0.39, 0.29) is 12.6 Å². The van der Waals surface area contributed by atoms with Crippen molar-refractivity contribution < 1.29 is 14.3 Å². The van der Waals surface area contributed by atoms with Crippen LogP contribution in [-0.4, -0.2) is 11.6 Å². The first-order chi connectivity index (χ1) is 9.58. The van der Waals surface area contributed by atoms with Gasteiger partial charge in [-0.05, 0) is 31.5 Å². The lowest BCUT2D eigenvalue weighted by Gasteiger charge is -2.24. The number of esters is 1. The maximum Gasteiger partial charge on any atom is 0.350 e. The Kier molecular flexibility index (Phi) is 4.41. The molecule has 0 fully saturated rings. The third kappa shape index (κ3) is 3.85. The Bertz CT molecular complexity index is 547. The first kappa shape index (κ1) is 14.1. The van der Waals surface area contributed by atoms with Crippen LogP contribution in [0.15, 0.2) is 60.7 Å². The van der Waals surface area contributed by atoms with Gasteiger partial charge in [-0.1, -0.05) is 48.5 Å². The van der Waals surface area contributed by atoms with Crippen LogP contribution in [0.5, 0.6) is 5.75 Å². The van der Waals surface area contributed by atoms with Crippen molar-refractivity contribution in [3.63, 3.8) is 0 Å². The van der Waals surface area contributed by atoms with Gasteiger partial charge in [-0.25, -0.2) is 4.79 Å². The number of hydrogen-bond donors (Lipinski definition) is 0. The fourth-order valence-electron chi connectivity index (χ4n) is 1.72. The number of ether oxygens (including phenoxy) is 2. The second kappa shape index (κ2) is 6.24. The third-order valence-electron chi connectivity index (χ3n) is 2.82. The molecule has 20 heavy (non-hydrogen) atoms. The Labute approximate surface area is 119 Å². The van der Waals surface area contributed by atoms with E-state index in [4.69, 9.17) is 9.47 Å². The molecular formula is C17H18O3. The Morgan fingerprint density at radius 3 is 2.10 bits per heavy atom. The second-order valence-electron chi connectivity index (χ2n) is 4.99. The maximum atomic E-state index is 12.1. The zero-order chi connectivity index (χ0) is 14.4. The highest BCUT2D eigenvalue weighted by molar-refractivity contribution is 5.79. The molecule has 0 radical (unpaired) electrons. The van der Waals surface area contributed by atoms with Crippen molar-refractivity contribution in [2.24, 2.45) is 0 Å². The second-order valence-corrected chi connectivity index (χ2v) is 4.99. The van der Waals surface area contributed by atoms with Crippen molar-refractivity contribution in [1.29, 1.82) is 0 Å². The predicted octanol–water partition coefficient (Wildman–Crippen LogP) is 3.59. The van der Waals surface area contributed by atoms with Crippen LogP contribution < -0.4 is 4.74 Å². The van der Waals surface area contributed by atoms with Gasteiger partial charge >= 0.3 is 5.97 Å². The minimum Gasteiger partial charge on any atom is -0.476 e. The van der Waals surface area contributed by atoms with Crippen LogP contribution in [0.25, 0.3) is 0 Å². The first-order valence-electron chi connectivity index (χ1n) is 6.53. The number of benzene rings is 2. The first-order valence-corrected chi connectivity index (χ1v) is 6.53. The van der Waals surface area contributed by atoms with Crippen LogP contribution in [0.2, 0.25) is 0 Å². The van der Waals surface area contributed by atoms with Crippen molar-refractivity contribution in [2.45, 2.75) is 26.1 Å². The number of carbonyl (C=O) groups is 1. The maximum absolute atomic E-state index is 12.1. The van der Waals surface area contributed by atoms with E-state index in [1.165, 1.54) is 0 Å². The highest BCUT2D eigenvalue weighted by Gasteiger charge is 2.31. The Morgan fingerprint density at radius 2 is 1.50 bits per heavy atom. The lowest BCUT2D eigenvalue weighted by atomic mass is 10.1. The van der Waals surface area contributed by atoms with E-state index in [9.17, 15) is 4.79 Å². The summed E-state index contributed by atoms with van der Waals surface area (Å²) in [6, 6.07) is 18.8. The molecule has 0 aliphatic rings. The summed E-state index contributed by atoms with van der Waals surface area (Å²) in [5.74, 6) is 0.263. The van der Waals surface area contributed by atoms with Crippen LogP contribution in [0.3, 0.4) is 0 Å². The van der Waals surface area contributed by atoms with Gasteiger partial charge in [-0.3, -0.25) is 0 Å². The summed E-state index contributed by atoms with van der Waals surface area (Å²) in [6.45, 7) is 3.65. The molecule has 0 aromatic heterocycles. The van der Waals surface area contributed by atoms with E-state index in [1.807, 2.05) is 60.7 Å². The van der Waals surface area contributed by atoms with Gasteiger partial charge in [0.25, 0.3) is 0 Å². The third-order valence-corrected chi connectivity index (χ3v) is 2.82. The van der Waals surface area contributed by atoms with Crippen LogP contribution in [0.1, 0.15) is 19.4 Å². The molecule has 0 heterocycles. The predicted molar refractivity (Wildman–Crippen MR) is 77.4 cm³/mol. The summed E-state index contributed by atoms with van der Waals surface area (Å²) in [7, 11) is 0. The largest absolute Gasteiger partial charge is 0.476 e. The molecule has 104 valence electrons. The SMILES string of the molecule is CC(C)(Oc1ccccc1)C(=O)OCc1ccccc1. The average Bonchev–Trinajstić information content (AvgIpc) is 2.46. The molecule has 3 heteroatoms. The molecule has 0 aliphatic carbocycles. The van der Waals surface area contributed by atoms with Gasteiger partial charge in [0.15, 0.2) is 5.60 Å². The highest BCUT2D eigenvalue weighted by Crippen LogP contribution is 2.19. The standard InChI is InChI=1S/C17H18O3/c1-17(2,20-15-11-7-4-8-12-15)16(18)19-13-14-9-5-3-6-10-14/h3-12H,13H2,1-2H3. The van der Waals surface area contributed by atoms with Crippen molar-refractivity contribution in [1.82, 2.24) is 0 Å². The van der Waals surface area contributed by atoms with Crippen LogP contribution in [0, 0.1) is 0 Å². The van der Waals surface area contributed by atoms with E-state index in [2.05, 4.69) is 0 Å². The fraction of sp³-hybridized carbons (Fsp3) is 0.235. The zero-order valence-electron chi connectivity index (χ0n) is 11.7. The Morgan fingerprint density at radius 1 is 0.950 bits per heavy atom. The molecule has 2 aromatic carbocycles. The summed E-state index contributed by atoms with van der Waals surface area (Å²) in [5, 5.41) is 0. The minimum absolute atomic E-state index is 0.251. The van der Waals surface area contributed by atoms with E-state index in [1.54, 1.807) is 13.8 Å². The summed E-state index contributed by atoms with van der Waals surface area (Å²) >= 11 is 0.